The smallest absolute Gasteiger partial charge is 0.175 e. The third-order valence-electron chi connectivity index (χ3n) is 3.25. The van der Waals surface area contributed by atoms with E-state index in [0.717, 1.165) is 35.5 Å². The summed E-state index contributed by atoms with van der Waals surface area (Å²) in [4.78, 5) is 0. The molecule has 3 nitrogen and oxygen atoms in total. The molecule has 1 N–H and O–H groups in total. The van der Waals surface area contributed by atoms with E-state index in [1.165, 1.54) is 24.8 Å². The van der Waals surface area contributed by atoms with Gasteiger partial charge in [0.1, 0.15) is 0 Å². The van der Waals surface area contributed by atoms with E-state index in [0.29, 0.717) is 6.04 Å². The number of hydrogen-bond donors (Lipinski definition) is 1. The molecule has 120 valence electrons. The van der Waals surface area contributed by atoms with Crippen LogP contribution >= 0.6 is 15.9 Å². The minimum atomic E-state index is 0.462. The van der Waals surface area contributed by atoms with Gasteiger partial charge in [-0.05, 0) is 40.0 Å². The van der Waals surface area contributed by atoms with Gasteiger partial charge in [0.25, 0.3) is 0 Å². The van der Waals surface area contributed by atoms with Crippen LogP contribution < -0.4 is 14.8 Å². The van der Waals surface area contributed by atoms with Crippen LogP contribution in [0.15, 0.2) is 16.6 Å². The molecule has 0 amide bonds. The van der Waals surface area contributed by atoms with Crippen molar-refractivity contribution < 1.29 is 9.47 Å². The van der Waals surface area contributed by atoms with Gasteiger partial charge in [0.2, 0.25) is 0 Å². The van der Waals surface area contributed by atoms with Crippen molar-refractivity contribution in [2.24, 2.45) is 0 Å². The molecule has 0 aliphatic carbocycles. The normalized spacial score (nSPS) is 11.0. The number of unbranched alkanes of at least 4 members (excludes halogenated alkanes) is 3. The second-order valence-electron chi connectivity index (χ2n) is 5.55. The van der Waals surface area contributed by atoms with E-state index in [1.54, 1.807) is 7.11 Å². The summed E-state index contributed by atoms with van der Waals surface area (Å²) in [5.74, 6) is 1.60. The second-order valence-corrected chi connectivity index (χ2v) is 6.41. The molecule has 1 rings (SSSR count). The van der Waals surface area contributed by atoms with Crippen molar-refractivity contribution in [3.8, 4) is 11.5 Å². The first-order chi connectivity index (χ1) is 10.1. The molecule has 1 aromatic carbocycles. The quantitative estimate of drug-likeness (QED) is 0.603. The molecule has 0 aromatic heterocycles. The summed E-state index contributed by atoms with van der Waals surface area (Å²) >= 11 is 3.60. The SMILES string of the molecule is CCCCCCOc1c(Br)cc(CNC(C)C)cc1OC. The molecular formula is C17H28BrNO2. The number of rotatable bonds is 10. The van der Waals surface area contributed by atoms with Gasteiger partial charge in [-0.3, -0.25) is 0 Å². The number of hydrogen-bond acceptors (Lipinski definition) is 3. The molecule has 0 spiro atoms. The first-order valence-corrected chi connectivity index (χ1v) is 8.60. The van der Waals surface area contributed by atoms with E-state index in [-0.39, 0.29) is 0 Å². The summed E-state index contributed by atoms with van der Waals surface area (Å²) in [5, 5.41) is 3.41. The van der Waals surface area contributed by atoms with Gasteiger partial charge >= 0.3 is 0 Å². The molecule has 0 fully saturated rings. The van der Waals surface area contributed by atoms with Gasteiger partial charge in [0.05, 0.1) is 18.2 Å². The number of halogens is 1. The first kappa shape index (κ1) is 18.3. The molecule has 21 heavy (non-hydrogen) atoms. The molecular weight excluding hydrogens is 330 g/mol. The Hall–Kier alpha value is -0.740. The van der Waals surface area contributed by atoms with Crippen molar-refractivity contribution in [2.75, 3.05) is 13.7 Å². The van der Waals surface area contributed by atoms with Gasteiger partial charge in [-0.1, -0.05) is 40.0 Å². The van der Waals surface area contributed by atoms with E-state index < -0.39 is 0 Å². The molecule has 0 bridgehead atoms. The molecule has 4 heteroatoms. The molecule has 0 heterocycles. The lowest BCUT2D eigenvalue weighted by Crippen LogP contribution is -2.21. The van der Waals surface area contributed by atoms with E-state index >= 15 is 0 Å². The van der Waals surface area contributed by atoms with Gasteiger partial charge in [0.15, 0.2) is 11.5 Å². The van der Waals surface area contributed by atoms with E-state index in [4.69, 9.17) is 9.47 Å². The maximum Gasteiger partial charge on any atom is 0.175 e. The van der Waals surface area contributed by atoms with Crippen LogP contribution in [0.25, 0.3) is 0 Å². The van der Waals surface area contributed by atoms with Crippen molar-refractivity contribution in [1.29, 1.82) is 0 Å². The number of nitrogens with one attached hydrogen (secondary N) is 1. The third-order valence-corrected chi connectivity index (χ3v) is 3.84. The summed E-state index contributed by atoms with van der Waals surface area (Å²) in [5.41, 5.74) is 1.19. The molecule has 0 atom stereocenters. The zero-order valence-electron chi connectivity index (χ0n) is 13.7. The van der Waals surface area contributed by atoms with E-state index in [1.807, 2.05) is 6.07 Å². The van der Waals surface area contributed by atoms with Crippen molar-refractivity contribution in [2.45, 2.75) is 59.0 Å². The lowest BCUT2D eigenvalue weighted by Gasteiger charge is -2.15. The van der Waals surface area contributed by atoms with Gasteiger partial charge < -0.3 is 14.8 Å². The van der Waals surface area contributed by atoms with Crippen LogP contribution in [-0.2, 0) is 6.54 Å². The van der Waals surface area contributed by atoms with Crippen LogP contribution in [0.5, 0.6) is 11.5 Å². The highest BCUT2D eigenvalue weighted by Crippen LogP contribution is 2.36. The van der Waals surface area contributed by atoms with Gasteiger partial charge in [-0.2, -0.15) is 0 Å². The number of benzene rings is 1. The Morgan fingerprint density at radius 3 is 2.57 bits per heavy atom. The average molecular weight is 358 g/mol. The minimum Gasteiger partial charge on any atom is -0.493 e. The zero-order chi connectivity index (χ0) is 15.7. The van der Waals surface area contributed by atoms with Crippen LogP contribution in [0.2, 0.25) is 0 Å². The summed E-state index contributed by atoms with van der Waals surface area (Å²) in [6.45, 7) is 8.05. The monoisotopic (exact) mass is 357 g/mol. The minimum absolute atomic E-state index is 0.462. The average Bonchev–Trinajstić information content (AvgIpc) is 2.46. The maximum atomic E-state index is 5.89. The van der Waals surface area contributed by atoms with Crippen molar-refractivity contribution in [1.82, 2.24) is 5.32 Å². The van der Waals surface area contributed by atoms with Gasteiger partial charge in [-0.25, -0.2) is 0 Å². The molecule has 0 unspecified atom stereocenters. The highest BCUT2D eigenvalue weighted by molar-refractivity contribution is 9.10. The Morgan fingerprint density at radius 2 is 1.95 bits per heavy atom. The van der Waals surface area contributed by atoms with Crippen LogP contribution in [-0.4, -0.2) is 19.8 Å². The first-order valence-electron chi connectivity index (χ1n) is 7.81. The molecule has 0 saturated heterocycles. The Labute approximate surface area is 137 Å². The predicted molar refractivity (Wildman–Crippen MR) is 92.3 cm³/mol. The van der Waals surface area contributed by atoms with Crippen LogP contribution in [0, 0.1) is 0 Å². The van der Waals surface area contributed by atoms with Gasteiger partial charge in [0, 0.05) is 12.6 Å². The predicted octanol–water partition coefficient (Wildman–Crippen LogP) is 4.91. The Kier molecular flexibility index (Phi) is 8.77. The molecule has 0 aliphatic heterocycles. The Balaban J connectivity index is 2.66. The molecule has 0 saturated carbocycles. The Bertz CT molecular complexity index is 421. The van der Waals surface area contributed by atoms with Crippen molar-refractivity contribution in [3.63, 3.8) is 0 Å². The fraction of sp³-hybridized carbons (Fsp3) is 0.647. The van der Waals surface area contributed by atoms with Crippen LogP contribution in [0.1, 0.15) is 52.0 Å². The standard InChI is InChI=1S/C17H28BrNO2/c1-5-6-7-8-9-21-17-15(18)10-14(11-16(17)20-4)12-19-13(2)3/h10-11,13,19H,5-9,12H2,1-4H3. The van der Waals surface area contributed by atoms with Crippen LogP contribution in [0.4, 0.5) is 0 Å². The second kappa shape index (κ2) is 10.1. The molecule has 0 aliphatic rings. The molecule has 1 aromatic rings. The summed E-state index contributed by atoms with van der Waals surface area (Å²) in [6.07, 6.45) is 4.80. The topological polar surface area (TPSA) is 30.5 Å². The Morgan fingerprint density at radius 1 is 1.19 bits per heavy atom. The number of ether oxygens (including phenoxy) is 2. The highest BCUT2D eigenvalue weighted by Gasteiger charge is 2.11. The van der Waals surface area contributed by atoms with Gasteiger partial charge in [-0.15, -0.1) is 0 Å². The largest absolute Gasteiger partial charge is 0.493 e. The lowest BCUT2D eigenvalue weighted by molar-refractivity contribution is 0.283. The van der Waals surface area contributed by atoms with Crippen molar-refractivity contribution in [3.05, 3.63) is 22.2 Å². The summed E-state index contributed by atoms with van der Waals surface area (Å²) in [6, 6.07) is 4.60. The lowest BCUT2D eigenvalue weighted by atomic mass is 10.2. The maximum absolute atomic E-state index is 5.89. The number of methoxy groups -OCH3 is 1. The van der Waals surface area contributed by atoms with E-state index in [9.17, 15) is 0 Å². The fourth-order valence-corrected chi connectivity index (χ4v) is 2.64. The summed E-state index contributed by atoms with van der Waals surface area (Å²) in [7, 11) is 1.69. The third kappa shape index (κ3) is 6.70. The zero-order valence-corrected chi connectivity index (χ0v) is 15.3. The van der Waals surface area contributed by atoms with E-state index in [2.05, 4.69) is 48.1 Å². The van der Waals surface area contributed by atoms with Crippen LogP contribution in [0.3, 0.4) is 0 Å². The highest BCUT2D eigenvalue weighted by atomic mass is 79.9. The molecule has 0 radical (unpaired) electrons. The van der Waals surface area contributed by atoms with Crippen molar-refractivity contribution >= 4 is 15.9 Å². The summed E-state index contributed by atoms with van der Waals surface area (Å²) < 4.78 is 12.3. The fourth-order valence-electron chi connectivity index (χ4n) is 2.04.